The molecule has 1 aromatic carbocycles. The van der Waals surface area contributed by atoms with Crippen LogP contribution in [0, 0.1) is 18.7 Å². The van der Waals surface area contributed by atoms with Crippen molar-refractivity contribution in [3.8, 4) is 0 Å². The SMILES string of the molecule is Cc1ccc(C(=O)NC(C)(C(=O)O)C2CC2)c(F)c1. The van der Waals surface area contributed by atoms with Gasteiger partial charge in [-0.25, -0.2) is 9.18 Å². The second-order valence-corrected chi connectivity index (χ2v) is 5.22. The molecule has 1 amide bonds. The number of amides is 1. The van der Waals surface area contributed by atoms with Crippen LogP contribution >= 0.6 is 0 Å². The lowest BCUT2D eigenvalue weighted by Crippen LogP contribution is -2.54. The molecule has 1 aromatic rings. The van der Waals surface area contributed by atoms with Gasteiger partial charge in [0.15, 0.2) is 0 Å². The molecule has 0 radical (unpaired) electrons. The first-order chi connectivity index (χ1) is 8.84. The van der Waals surface area contributed by atoms with E-state index in [2.05, 4.69) is 5.32 Å². The third-order valence-electron chi connectivity index (χ3n) is 3.58. The van der Waals surface area contributed by atoms with Crippen LogP contribution in [0.15, 0.2) is 18.2 Å². The molecule has 19 heavy (non-hydrogen) atoms. The molecule has 2 N–H and O–H groups in total. The summed E-state index contributed by atoms with van der Waals surface area (Å²) in [6, 6.07) is 4.24. The van der Waals surface area contributed by atoms with E-state index in [1.807, 2.05) is 0 Å². The van der Waals surface area contributed by atoms with Crippen LogP contribution < -0.4 is 5.32 Å². The van der Waals surface area contributed by atoms with E-state index < -0.39 is 23.2 Å². The van der Waals surface area contributed by atoms with Crippen molar-refractivity contribution in [2.45, 2.75) is 32.2 Å². The van der Waals surface area contributed by atoms with E-state index >= 15 is 0 Å². The summed E-state index contributed by atoms with van der Waals surface area (Å²) < 4.78 is 13.7. The van der Waals surface area contributed by atoms with Crippen LogP contribution in [0.1, 0.15) is 35.7 Å². The zero-order valence-electron chi connectivity index (χ0n) is 10.9. The van der Waals surface area contributed by atoms with Crippen molar-refractivity contribution >= 4 is 11.9 Å². The van der Waals surface area contributed by atoms with Gasteiger partial charge in [-0.3, -0.25) is 4.79 Å². The lowest BCUT2D eigenvalue weighted by molar-refractivity contribution is -0.144. The maximum Gasteiger partial charge on any atom is 0.329 e. The van der Waals surface area contributed by atoms with Gasteiger partial charge in [0.1, 0.15) is 11.4 Å². The fourth-order valence-electron chi connectivity index (χ4n) is 2.10. The number of carbonyl (C=O) groups excluding carboxylic acids is 1. The number of nitrogens with one attached hydrogen (secondary N) is 1. The van der Waals surface area contributed by atoms with E-state index in [9.17, 15) is 19.1 Å². The van der Waals surface area contributed by atoms with Crippen molar-refractivity contribution in [1.82, 2.24) is 5.32 Å². The van der Waals surface area contributed by atoms with Gasteiger partial charge in [-0.1, -0.05) is 6.07 Å². The Morgan fingerprint density at radius 3 is 2.53 bits per heavy atom. The average molecular weight is 265 g/mol. The molecule has 0 saturated heterocycles. The minimum absolute atomic E-state index is 0.0811. The number of rotatable bonds is 4. The topological polar surface area (TPSA) is 66.4 Å². The number of halogens is 1. The van der Waals surface area contributed by atoms with Crippen molar-refractivity contribution in [2.24, 2.45) is 5.92 Å². The van der Waals surface area contributed by atoms with Crippen molar-refractivity contribution < 1.29 is 19.1 Å². The predicted molar refractivity (Wildman–Crippen MR) is 67.4 cm³/mol. The smallest absolute Gasteiger partial charge is 0.329 e. The van der Waals surface area contributed by atoms with Crippen molar-refractivity contribution in [2.75, 3.05) is 0 Å². The zero-order chi connectivity index (χ0) is 14.2. The Morgan fingerprint density at radius 2 is 2.05 bits per heavy atom. The van der Waals surface area contributed by atoms with Gasteiger partial charge in [0.25, 0.3) is 5.91 Å². The number of carbonyl (C=O) groups is 2. The van der Waals surface area contributed by atoms with Crippen molar-refractivity contribution in [3.63, 3.8) is 0 Å². The molecule has 5 heteroatoms. The minimum Gasteiger partial charge on any atom is -0.480 e. The first-order valence-corrected chi connectivity index (χ1v) is 6.16. The number of hydrogen-bond donors (Lipinski definition) is 2. The molecule has 0 aromatic heterocycles. The summed E-state index contributed by atoms with van der Waals surface area (Å²) in [4.78, 5) is 23.3. The van der Waals surface area contributed by atoms with E-state index in [-0.39, 0.29) is 11.5 Å². The number of benzene rings is 1. The average Bonchev–Trinajstić information content (AvgIpc) is 3.11. The van der Waals surface area contributed by atoms with Gasteiger partial charge in [-0.15, -0.1) is 0 Å². The molecule has 2 rings (SSSR count). The molecule has 1 aliphatic carbocycles. The second kappa shape index (κ2) is 4.64. The highest BCUT2D eigenvalue weighted by atomic mass is 19.1. The summed E-state index contributed by atoms with van der Waals surface area (Å²) in [7, 11) is 0. The van der Waals surface area contributed by atoms with E-state index in [1.54, 1.807) is 13.0 Å². The fourth-order valence-corrected chi connectivity index (χ4v) is 2.10. The molecule has 1 fully saturated rings. The van der Waals surface area contributed by atoms with E-state index in [1.165, 1.54) is 19.1 Å². The lowest BCUT2D eigenvalue weighted by Gasteiger charge is -2.26. The largest absolute Gasteiger partial charge is 0.480 e. The van der Waals surface area contributed by atoms with E-state index in [0.717, 1.165) is 12.8 Å². The van der Waals surface area contributed by atoms with E-state index in [4.69, 9.17) is 0 Å². The summed E-state index contributed by atoms with van der Waals surface area (Å²) in [5.74, 6) is -2.49. The number of carboxylic acids is 1. The highest BCUT2D eigenvalue weighted by Crippen LogP contribution is 2.39. The molecule has 0 spiro atoms. The van der Waals surface area contributed by atoms with Crippen LogP contribution in [0.25, 0.3) is 0 Å². The van der Waals surface area contributed by atoms with Gasteiger partial charge < -0.3 is 10.4 Å². The van der Waals surface area contributed by atoms with Crippen LogP contribution in [-0.4, -0.2) is 22.5 Å². The van der Waals surface area contributed by atoms with Crippen LogP contribution in [0.2, 0.25) is 0 Å². The number of hydrogen-bond acceptors (Lipinski definition) is 2. The summed E-state index contributed by atoms with van der Waals surface area (Å²) in [5.41, 5.74) is -0.745. The molecule has 0 aliphatic heterocycles. The zero-order valence-corrected chi connectivity index (χ0v) is 10.9. The summed E-state index contributed by atoms with van der Waals surface area (Å²) in [6.45, 7) is 3.19. The quantitative estimate of drug-likeness (QED) is 0.876. The normalized spacial score (nSPS) is 17.6. The molecular weight excluding hydrogens is 249 g/mol. The minimum atomic E-state index is -1.32. The Bertz CT molecular complexity index is 539. The molecule has 102 valence electrons. The number of aliphatic carboxylic acids is 1. The predicted octanol–water partition coefficient (Wildman–Crippen LogP) is 2.12. The standard InChI is InChI=1S/C14H16FNO3/c1-8-3-6-10(11(15)7-8)12(17)16-14(2,13(18)19)9-4-5-9/h3,6-7,9H,4-5H2,1-2H3,(H,16,17)(H,18,19). The van der Waals surface area contributed by atoms with Gasteiger partial charge >= 0.3 is 5.97 Å². The molecule has 1 atom stereocenters. The van der Waals surface area contributed by atoms with Crippen LogP contribution in [0.5, 0.6) is 0 Å². The van der Waals surface area contributed by atoms with Gasteiger partial charge in [0.05, 0.1) is 5.56 Å². The van der Waals surface area contributed by atoms with Crippen molar-refractivity contribution in [1.29, 1.82) is 0 Å². The van der Waals surface area contributed by atoms with Crippen LogP contribution in [0.4, 0.5) is 4.39 Å². The lowest BCUT2D eigenvalue weighted by atomic mass is 9.95. The second-order valence-electron chi connectivity index (χ2n) is 5.22. The Balaban J connectivity index is 2.22. The van der Waals surface area contributed by atoms with E-state index in [0.29, 0.717) is 5.56 Å². The van der Waals surface area contributed by atoms with Gasteiger partial charge in [0, 0.05) is 0 Å². The van der Waals surface area contributed by atoms with Crippen LogP contribution in [0.3, 0.4) is 0 Å². The molecule has 1 unspecified atom stereocenters. The Hall–Kier alpha value is -1.91. The summed E-state index contributed by atoms with van der Waals surface area (Å²) >= 11 is 0. The molecule has 4 nitrogen and oxygen atoms in total. The number of carboxylic acid groups (broad SMARTS) is 1. The summed E-state index contributed by atoms with van der Waals surface area (Å²) in [6.07, 6.45) is 1.53. The molecule has 1 aliphatic rings. The van der Waals surface area contributed by atoms with Crippen LogP contribution in [-0.2, 0) is 4.79 Å². The summed E-state index contributed by atoms with van der Waals surface area (Å²) in [5, 5.41) is 11.7. The van der Waals surface area contributed by atoms with Gasteiger partial charge in [-0.05, 0) is 50.3 Å². The highest BCUT2D eigenvalue weighted by molar-refractivity contribution is 5.98. The third kappa shape index (κ3) is 2.59. The first kappa shape index (κ1) is 13.5. The number of aryl methyl sites for hydroxylation is 1. The maximum absolute atomic E-state index is 13.7. The fraction of sp³-hybridized carbons (Fsp3) is 0.429. The Morgan fingerprint density at radius 1 is 1.42 bits per heavy atom. The highest BCUT2D eigenvalue weighted by Gasteiger charge is 2.48. The Kier molecular flexibility index (Phi) is 3.30. The maximum atomic E-state index is 13.7. The van der Waals surface area contributed by atoms with Gasteiger partial charge in [0.2, 0.25) is 0 Å². The first-order valence-electron chi connectivity index (χ1n) is 6.16. The monoisotopic (exact) mass is 265 g/mol. The molecule has 0 bridgehead atoms. The van der Waals surface area contributed by atoms with Gasteiger partial charge in [-0.2, -0.15) is 0 Å². The molecular formula is C14H16FNO3. The molecule has 0 heterocycles. The Labute approximate surface area is 110 Å². The molecule has 1 saturated carbocycles. The third-order valence-corrected chi connectivity index (χ3v) is 3.58. The van der Waals surface area contributed by atoms with Crippen molar-refractivity contribution in [3.05, 3.63) is 35.1 Å².